The molecular formula is C13H22N2O2. The maximum atomic E-state index is 11.8. The molecule has 1 atom stereocenters. The predicted molar refractivity (Wildman–Crippen MR) is 67.5 cm³/mol. The number of amides is 1. The molecule has 0 aliphatic rings. The van der Waals surface area contributed by atoms with E-state index in [1.54, 1.807) is 12.5 Å². The quantitative estimate of drug-likeness (QED) is 0.764. The van der Waals surface area contributed by atoms with Crippen molar-refractivity contribution in [3.63, 3.8) is 0 Å². The van der Waals surface area contributed by atoms with Crippen LogP contribution in [0.4, 0.5) is 0 Å². The first-order valence-corrected chi connectivity index (χ1v) is 6.22. The van der Waals surface area contributed by atoms with Gasteiger partial charge in [0.2, 0.25) is 5.91 Å². The zero-order chi connectivity index (χ0) is 12.7. The molecule has 0 aliphatic heterocycles. The van der Waals surface area contributed by atoms with Crippen molar-refractivity contribution < 1.29 is 9.21 Å². The molecule has 0 saturated heterocycles. The minimum atomic E-state index is -0.189. The molecule has 1 heterocycles. The molecule has 1 aromatic heterocycles. The van der Waals surface area contributed by atoms with Gasteiger partial charge in [0, 0.05) is 18.2 Å². The van der Waals surface area contributed by atoms with Crippen molar-refractivity contribution in [3.05, 3.63) is 24.2 Å². The number of nitrogens with one attached hydrogen (secondary N) is 2. The Kier molecular flexibility index (Phi) is 5.77. The third kappa shape index (κ3) is 4.61. The average molecular weight is 238 g/mol. The minimum Gasteiger partial charge on any atom is -0.472 e. The van der Waals surface area contributed by atoms with Crippen LogP contribution in [0, 0.1) is 0 Å². The van der Waals surface area contributed by atoms with Gasteiger partial charge in [-0.1, -0.05) is 13.8 Å². The molecule has 1 unspecified atom stereocenters. The molecule has 0 bridgehead atoms. The van der Waals surface area contributed by atoms with Crippen LogP contribution in [0.25, 0.3) is 0 Å². The smallest absolute Gasteiger partial charge is 0.237 e. The van der Waals surface area contributed by atoms with Gasteiger partial charge < -0.3 is 15.1 Å². The molecule has 0 aromatic carbocycles. The van der Waals surface area contributed by atoms with E-state index in [-0.39, 0.29) is 18.0 Å². The number of carbonyl (C=O) groups is 1. The standard InChI is InChI=1S/C13H22N2O2/c1-4-12(5-2)15-13(16)10(3)14-8-11-6-7-17-9-11/h6-7,9-10,12,14H,4-5,8H2,1-3H3,(H,15,16). The van der Waals surface area contributed by atoms with E-state index in [4.69, 9.17) is 4.42 Å². The predicted octanol–water partition coefficient (Wildman–Crippen LogP) is 2.06. The molecule has 96 valence electrons. The first kappa shape index (κ1) is 13.8. The van der Waals surface area contributed by atoms with Crippen molar-refractivity contribution in [2.45, 2.75) is 52.2 Å². The van der Waals surface area contributed by atoms with E-state index < -0.39 is 0 Å². The lowest BCUT2D eigenvalue weighted by Crippen LogP contribution is -2.45. The zero-order valence-corrected chi connectivity index (χ0v) is 10.8. The van der Waals surface area contributed by atoms with E-state index in [1.807, 2.05) is 13.0 Å². The van der Waals surface area contributed by atoms with E-state index >= 15 is 0 Å². The molecular weight excluding hydrogens is 216 g/mol. The maximum absolute atomic E-state index is 11.8. The number of carbonyl (C=O) groups excluding carboxylic acids is 1. The van der Waals surface area contributed by atoms with E-state index in [1.165, 1.54) is 0 Å². The molecule has 0 radical (unpaired) electrons. The van der Waals surface area contributed by atoms with Gasteiger partial charge in [-0.05, 0) is 25.8 Å². The summed E-state index contributed by atoms with van der Waals surface area (Å²) in [6.07, 6.45) is 5.25. The van der Waals surface area contributed by atoms with Gasteiger partial charge in [-0.15, -0.1) is 0 Å². The zero-order valence-electron chi connectivity index (χ0n) is 10.8. The Morgan fingerprint density at radius 3 is 2.65 bits per heavy atom. The first-order valence-electron chi connectivity index (χ1n) is 6.22. The lowest BCUT2D eigenvalue weighted by Gasteiger charge is -2.19. The van der Waals surface area contributed by atoms with Crippen molar-refractivity contribution in [1.82, 2.24) is 10.6 Å². The van der Waals surface area contributed by atoms with Crippen molar-refractivity contribution >= 4 is 5.91 Å². The summed E-state index contributed by atoms with van der Waals surface area (Å²) in [5, 5.41) is 6.19. The van der Waals surface area contributed by atoms with Gasteiger partial charge in [-0.25, -0.2) is 0 Å². The summed E-state index contributed by atoms with van der Waals surface area (Å²) in [6, 6.07) is 1.98. The first-order chi connectivity index (χ1) is 8.17. The molecule has 17 heavy (non-hydrogen) atoms. The molecule has 1 aromatic rings. The summed E-state index contributed by atoms with van der Waals surface area (Å²) in [6.45, 7) is 6.68. The normalized spacial score (nSPS) is 12.7. The molecule has 0 fully saturated rings. The van der Waals surface area contributed by atoms with Gasteiger partial charge in [0.15, 0.2) is 0 Å². The van der Waals surface area contributed by atoms with Crippen LogP contribution < -0.4 is 10.6 Å². The molecule has 4 nitrogen and oxygen atoms in total. The fraction of sp³-hybridized carbons (Fsp3) is 0.615. The van der Waals surface area contributed by atoms with Crippen molar-refractivity contribution in [3.8, 4) is 0 Å². The summed E-state index contributed by atoms with van der Waals surface area (Å²) < 4.78 is 4.97. The second-order valence-corrected chi connectivity index (χ2v) is 4.26. The van der Waals surface area contributed by atoms with Crippen LogP contribution in [-0.2, 0) is 11.3 Å². The summed E-state index contributed by atoms with van der Waals surface area (Å²) in [7, 11) is 0. The van der Waals surface area contributed by atoms with Crippen molar-refractivity contribution in [1.29, 1.82) is 0 Å². The fourth-order valence-corrected chi connectivity index (χ4v) is 1.58. The molecule has 1 rings (SSSR count). The Morgan fingerprint density at radius 2 is 2.12 bits per heavy atom. The Hall–Kier alpha value is -1.29. The van der Waals surface area contributed by atoms with E-state index in [0.29, 0.717) is 6.54 Å². The second-order valence-electron chi connectivity index (χ2n) is 4.26. The highest BCUT2D eigenvalue weighted by atomic mass is 16.3. The van der Waals surface area contributed by atoms with E-state index in [2.05, 4.69) is 24.5 Å². The molecule has 2 N–H and O–H groups in total. The van der Waals surface area contributed by atoms with E-state index in [9.17, 15) is 4.79 Å². The number of hydrogen-bond acceptors (Lipinski definition) is 3. The van der Waals surface area contributed by atoms with Crippen LogP contribution in [0.5, 0.6) is 0 Å². The molecule has 0 aliphatic carbocycles. The summed E-state index contributed by atoms with van der Waals surface area (Å²) in [5.74, 6) is 0.0576. The molecule has 4 heteroatoms. The van der Waals surface area contributed by atoms with Crippen LogP contribution in [0.15, 0.2) is 23.0 Å². The Bertz CT molecular complexity index is 318. The largest absolute Gasteiger partial charge is 0.472 e. The molecule has 1 amide bonds. The Balaban J connectivity index is 2.31. The van der Waals surface area contributed by atoms with Crippen LogP contribution in [0.2, 0.25) is 0 Å². The third-order valence-electron chi connectivity index (χ3n) is 2.92. The average Bonchev–Trinajstić information content (AvgIpc) is 2.85. The molecule has 0 spiro atoms. The maximum Gasteiger partial charge on any atom is 0.237 e. The van der Waals surface area contributed by atoms with E-state index in [0.717, 1.165) is 18.4 Å². The topological polar surface area (TPSA) is 54.3 Å². The van der Waals surface area contributed by atoms with Crippen molar-refractivity contribution in [2.24, 2.45) is 0 Å². The summed E-state index contributed by atoms with van der Waals surface area (Å²) in [5.41, 5.74) is 1.05. The monoisotopic (exact) mass is 238 g/mol. The van der Waals surface area contributed by atoms with Crippen LogP contribution >= 0.6 is 0 Å². The molecule has 0 saturated carbocycles. The van der Waals surface area contributed by atoms with Gasteiger partial charge >= 0.3 is 0 Å². The summed E-state index contributed by atoms with van der Waals surface area (Å²) in [4.78, 5) is 11.8. The second kappa shape index (κ2) is 7.12. The fourth-order valence-electron chi connectivity index (χ4n) is 1.58. The Morgan fingerprint density at radius 1 is 1.41 bits per heavy atom. The number of furan rings is 1. The van der Waals surface area contributed by atoms with Gasteiger partial charge in [-0.2, -0.15) is 0 Å². The SMILES string of the molecule is CCC(CC)NC(=O)C(C)NCc1ccoc1. The van der Waals surface area contributed by atoms with Gasteiger partial charge in [0.05, 0.1) is 18.6 Å². The van der Waals surface area contributed by atoms with Gasteiger partial charge in [0.25, 0.3) is 0 Å². The number of rotatable bonds is 7. The van der Waals surface area contributed by atoms with Crippen LogP contribution in [0.3, 0.4) is 0 Å². The highest BCUT2D eigenvalue weighted by molar-refractivity contribution is 5.81. The third-order valence-corrected chi connectivity index (χ3v) is 2.92. The highest BCUT2D eigenvalue weighted by Crippen LogP contribution is 2.00. The lowest BCUT2D eigenvalue weighted by molar-refractivity contribution is -0.123. The van der Waals surface area contributed by atoms with Crippen LogP contribution in [0.1, 0.15) is 39.2 Å². The van der Waals surface area contributed by atoms with Gasteiger partial charge in [0.1, 0.15) is 0 Å². The van der Waals surface area contributed by atoms with Crippen molar-refractivity contribution in [2.75, 3.05) is 0 Å². The Labute approximate surface area is 103 Å². The number of hydrogen-bond donors (Lipinski definition) is 2. The lowest BCUT2D eigenvalue weighted by atomic mass is 10.1. The highest BCUT2D eigenvalue weighted by Gasteiger charge is 2.15. The summed E-state index contributed by atoms with van der Waals surface area (Å²) >= 11 is 0. The van der Waals surface area contributed by atoms with Gasteiger partial charge in [-0.3, -0.25) is 4.79 Å². The van der Waals surface area contributed by atoms with Crippen LogP contribution in [-0.4, -0.2) is 18.0 Å². The minimum absolute atomic E-state index is 0.0576.